The smallest absolute Gasteiger partial charge is 0.305 e. The minimum absolute atomic E-state index is 0.0996. The predicted molar refractivity (Wildman–Crippen MR) is 131 cm³/mol. The van der Waals surface area contributed by atoms with Crippen LogP contribution in [0.4, 0.5) is 10.3 Å². The van der Waals surface area contributed by atoms with Crippen molar-refractivity contribution in [3.05, 3.63) is 48.2 Å². The SMILES string of the molecule is CC1(CNS(C)(=O)=O)COC(c2nc(-c3ccc(F)cc3)c(-c3ccnc(NCCC(=O)O)n3)[nH]2)OC1. The molecule has 0 spiro atoms. The summed E-state index contributed by atoms with van der Waals surface area (Å²) in [4.78, 5) is 27.2. The Morgan fingerprint density at radius 3 is 2.57 bits per heavy atom. The van der Waals surface area contributed by atoms with Crippen molar-refractivity contribution in [3.8, 4) is 22.6 Å². The number of carboxylic acid groups (broad SMARTS) is 1. The number of aromatic nitrogens is 4. The Morgan fingerprint density at radius 2 is 1.92 bits per heavy atom. The number of carboxylic acids is 1. The zero-order chi connectivity index (χ0) is 26.6. The van der Waals surface area contributed by atoms with E-state index in [1.54, 1.807) is 18.2 Å². The second-order valence-electron chi connectivity index (χ2n) is 9.05. The molecule has 0 atom stereocenters. The molecule has 0 unspecified atom stereocenters. The van der Waals surface area contributed by atoms with Gasteiger partial charge in [0, 0.05) is 30.3 Å². The Hall–Kier alpha value is -3.46. The summed E-state index contributed by atoms with van der Waals surface area (Å²) in [5.74, 6) is -0.754. The first-order valence-corrected chi connectivity index (χ1v) is 13.2. The summed E-state index contributed by atoms with van der Waals surface area (Å²) in [7, 11) is -3.36. The Labute approximate surface area is 212 Å². The van der Waals surface area contributed by atoms with E-state index in [9.17, 15) is 17.6 Å². The summed E-state index contributed by atoms with van der Waals surface area (Å²) in [6.07, 6.45) is 1.66. The number of benzene rings is 1. The van der Waals surface area contributed by atoms with Crippen molar-refractivity contribution in [2.24, 2.45) is 5.41 Å². The fraction of sp³-hybridized carbons (Fsp3) is 0.391. The molecule has 198 valence electrons. The number of carbonyl (C=O) groups is 1. The van der Waals surface area contributed by atoms with Crippen molar-refractivity contribution in [1.29, 1.82) is 0 Å². The number of nitrogens with zero attached hydrogens (tertiary/aromatic N) is 3. The molecule has 0 radical (unpaired) electrons. The fourth-order valence-corrected chi connectivity index (χ4v) is 4.19. The predicted octanol–water partition coefficient (Wildman–Crippen LogP) is 2.16. The largest absolute Gasteiger partial charge is 0.481 e. The zero-order valence-electron chi connectivity index (χ0n) is 20.2. The third-order valence-corrected chi connectivity index (χ3v) is 6.19. The van der Waals surface area contributed by atoms with Crippen LogP contribution in [0.2, 0.25) is 0 Å². The highest BCUT2D eigenvalue weighted by Crippen LogP contribution is 2.35. The Kier molecular flexibility index (Phi) is 7.82. The number of hydrogen-bond acceptors (Lipinski definition) is 9. The van der Waals surface area contributed by atoms with Gasteiger partial charge >= 0.3 is 5.97 Å². The third-order valence-electron chi connectivity index (χ3n) is 5.52. The lowest BCUT2D eigenvalue weighted by molar-refractivity contribution is -0.231. The van der Waals surface area contributed by atoms with Gasteiger partial charge in [0.1, 0.15) is 5.82 Å². The van der Waals surface area contributed by atoms with Crippen LogP contribution in [0.1, 0.15) is 25.5 Å². The van der Waals surface area contributed by atoms with E-state index in [1.807, 2.05) is 6.92 Å². The van der Waals surface area contributed by atoms with Gasteiger partial charge in [-0.25, -0.2) is 32.5 Å². The molecular weight excluding hydrogens is 507 g/mol. The van der Waals surface area contributed by atoms with Crippen LogP contribution in [0.5, 0.6) is 0 Å². The second kappa shape index (κ2) is 10.9. The van der Waals surface area contributed by atoms with Gasteiger partial charge in [0.2, 0.25) is 22.3 Å². The molecular formula is C23H27FN6O6S. The first-order valence-electron chi connectivity index (χ1n) is 11.3. The Morgan fingerprint density at radius 1 is 1.22 bits per heavy atom. The van der Waals surface area contributed by atoms with E-state index >= 15 is 0 Å². The van der Waals surface area contributed by atoms with Crippen LogP contribution in [0.15, 0.2) is 36.5 Å². The maximum Gasteiger partial charge on any atom is 0.305 e. The van der Waals surface area contributed by atoms with Crippen LogP contribution < -0.4 is 10.0 Å². The molecule has 4 rings (SSSR count). The van der Waals surface area contributed by atoms with Gasteiger partial charge in [-0.1, -0.05) is 6.92 Å². The number of halogens is 1. The molecule has 14 heteroatoms. The minimum Gasteiger partial charge on any atom is -0.481 e. The molecule has 0 aliphatic carbocycles. The van der Waals surface area contributed by atoms with Crippen molar-refractivity contribution in [2.45, 2.75) is 19.6 Å². The molecule has 1 aromatic carbocycles. The fourth-order valence-electron chi connectivity index (χ4n) is 3.58. The van der Waals surface area contributed by atoms with Crippen LogP contribution >= 0.6 is 0 Å². The number of aromatic amines is 1. The number of rotatable bonds is 10. The molecule has 0 saturated carbocycles. The number of imidazole rings is 1. The summed E-state index contributed by atoms with van der Waals surface area (Å²) in [6.45, 7) is 2.58. The van der Waals surface area contributed by atoms with Crippen molar-refractivity contribution in [2.75, 3.05) is 37.9 Å². The topological polar surface area (TPSA) is 168 Å². The van der Waals surface area contributed by atoms with Crippen molar-refractivity contribution < 1.29 is 32.2 Å². The minimum atomic E-state index is -3.36. The Bertz CT molecular complexity index is 1360. The average molecular weight is 535 g/mol. The van der Waals surface area contributed by atoms with Gasteiger partial charge in [-0.2, -0.15) is 0 Å². The molecule has 37 heavy (non-hydrogen) atoms. The van der Waals surface area contributed by atoms with E-state index in [-0.39, 0.29) is 38.7 Å². The lowest BCUT2D eigenvalue weighted by Crippen LogP contribution is -2.45. The van der Waals surface area contributed by atoms with Gasteiger partial charge in [-0.3, -0.25) is 4.79 Å². The van der Waals surface area contributed by atoms with Crippen LogP contribution in [0, 0.1) is 11.2 Å². The highest BCUT2D eigenvalue weighted by atomic mass is 32.2. The molecule has 4 N–H and O–H groups in total. The summed E-state index contributed by atoms with van der Waals surface area (Å²) < 4.78 is 50.8. The molecule has 12 nitrogen and oxygen atoms in total. The number of sulfonamides is 1. The van der Waals surface area contributed by atoms with E-state index in [2.05, 4.69) is 30.0 Å². The number of aliphatic carboxylic acids is 1. The van der Waals surface area contributed by atoms with E-state index in [0.717, 1.165) is 6.26 Å². The molecule has 3 heterocycles. The average Bonchev–Trinajstić information content (AvgIpc) is 3.29. The van der Waals surface area contributed by atoms with Crippen molar-refractivity contribution >= 4 is 21.9 Å². The third kappa shape index (κ3) is 7.07. The van der Waals surface area contributed by atoms with Gasteiger partial charge in [0.25, 0.3) is 0 Å². The monoisotopic (exact) mass is 534 g/mol. The maximum atomic E-state index is 13.6. The van der Waals surface area contributed by atoms with Gasteiger partial charge in [0.05, 0.1) is 43.0 Å². The van der Waals surface area contributed by atoms with Gasteiger partial charge in [-0.15, -0.1) is 0 Å². The second-order valence-corrected chi connectivity index (χ2v) is 10.9. The van der Waals surface area contributed by atoms with E-state index in [1.165, 1.54) is 18.3 Å². The van der Waals surface area contributed by atoms with Gasteiger partial charge in [0.15, 0.2) is 5.82 Å². The first kappa shape index (κ1) is 26.6. The standard InChI is InChI=1S/C23H27FN6O6S/c1-23(11-27-37(2,33)34)12-35-21(36-13-23)20-29-18(14-3-5-15(24)6-4-14)19(30-20)16-7-9-25-22(28-16)26-10-8-17(31)32/h3-7,9,21,27H,8,10-13H2,1-2H3,(H,29,30)(H,31,32)(H,25,26,28). The molecule has 1 aliphatic rings. The van der Waals surface area contributed by atoms with Gasteiger partial charge in [-0.05, 0) is 30.3 Å². The quantitative estimate of drug-likeness (QED) is 0.302. The van der Waals surface area contributed by atoms with Crippen LogP contribution in [0.25, 0.3) is 22.6 Å². The molecule has 2 aromatic heterocycles. The highest BCUT2D eigenvalue weighted by molar-refractivity contribution is 7.88. The molecule has 0 amide bonds. The summed E-state index contributed by atoms with van der Waals surface area (Å²) in [6, 6.07) is 7.47. The Balaban J connectivity index is 1.60. The van der Waals surface area contributed by atoms with Crippen LogP contribution in [-0.2, 0) is 24.3 Å². The summed E-state index contributed by atoms with van der Waals surface area (Å²) in [5.41, 5.74) is 1.49. The lowest BCUT2D eigenvalue weighted by atomic mass is 9.92. The maximum absolute atomic E-state index is 13.6. The van der Waals surface area contributed by atoms with Crippen molar-refractivity contribution in [1.82, 2.24) is 24.7 Å². The number of H-pyrrole nitrogens is 1. The molecule has 1 fully saturated rings. The number of ether oxygens (including phenoxy) is 2. The lowest BCUT2D eigenvalue weighted by Gasteiger charge is -2.36. The molecule has 0 bridgehead atoms. The van der Waals surface area contributed by atoms with Crippen LogP contribution in [0.3, 0.4) is 0 Å². The molecule has 3 aromatic rings. The zero-order valence-corrected chi connectivity index (χ0v) is 21.0. The van der Waals surface area contributed by atoms with Gasteiger partial charge < -0.3 is 24.9 Å². The number of hydrogen-bond donors (Lipinski definition) is 4. The van der Waals surface area contributed by atoms with Crippen LogP contribution in [-0.4, -0.2) is 72.0 Å². The molecule has 1 saturated heterocycles. The van der Waals surface area contributed by atoms with E-state index in [4.69, 9.17) is 14.6 Å². The highest BCUT2D eigenvalue weighted by Gasteiger charge is 2.35. The first-order chi connectivity index (χ1) is 17.5. The summed E-state index contributed by atoms with van der Waals surface area (Å²) >= 11 is 0. The normalized spacial score (nSPS) is 20.0. The number of anilines is 1. The summed E-state index contributed by atoms with van der Waals surface area (Å²) in [5, 5.41) is 11.7. The molecule has 1 aliphatic heterocycles. The number of nitrogens with one attached hydrogen (secondary N) is 3. The van der Waals surface area contributed by atoms with E-state index < -0.39 is 33.5 Å². The van der Waals surface area contributed by atoms with Crippen molar-refractivity contribution in [3.63, 3.8) is 0 Å². The van der Waals surface area contributed by atoms with E-state index in [0.29, 0.717) is 28.5 Å².